The van der Waals surface area contributed by atoms with Gasteiger partial charge in [0.1, 0.15) is 5.82 Å². The van der Waals surface area contributed by atoms with Crippen LogP contribution in [0.2, 0.25) is 0 Å². The molecule has 1 N–H and O–H groups in total. The Labute approximate surface area is 138 Å². The van der Waals surface area contributed by atoms with Crippen molar-refractivity contribution < 1.29 is 9.13 Å². The number of rotatable bonds is 9. The molecule has 0 radical (unpaired) electrons. The zero-order valence-corrected chi connectivity index (χ0v) is 13.6. The molecule has 2 nitrogen and oxygen atoms in total. The molecule has 0 atom stereocenters. The van der Waals surface area contributed by atoms with Gasteiger partial charge in [-0.25, -0.2) is 4.39 Å². The summed E-state index contributed by atoms with van der Waals surface area (Å²) in [6, 6.07) is 15.0. The molecule has 3 heteroatoms. The standard InChI is InChI=1S/C20H24FNO/c1-16-5-7-18(8-6-16)4-3-13-22-17(2)14-23-15-19-9-11-20(21)12-10-19/h5-12,22H,2-4,13-15H2,1H3. The van der Waals surface area contributed by atoms with Crippen LogP contribution in [0.4, 0.5) is 4.39 Å². The van der Waals surface area contributed by atoms with Crippen molar-refractivity contribution in [3.63, 3.8) is 0 Å². The molecule has 0 aliphatic heterocycles. The molecule has 0 aromatic heterocycles. The zero-order chi connectivity index (χ0) is 16.5. The number of hydrogen-bond donors (Lipinski definition) is 1. The van der Waals surface area contributed by atoms with Gasteiger partial charge in [0.2, 0.25) is 0 Å². The lowest BCUT2D eigenvalue weighted by Crippen LogP contribution is -2.18. The van der Waals surface area contributed by atoms with Crippen molar-refractivity contribution in [3.05, 3.63) is 83.3 Å². The Bertz CT molecular complexity index is 605. The predicted molar refractivity (Wildman–Crippen MR) is 92.7 cm³/mol. The first-order valence-corrected chi connectivity index (χ1v) is 7.93. The molecule has 0 saturated heterocycles. The molecule has 2 aromatic carbocycles. The first-order valence-electron chi connectivity index (χ1n) is 7.93. The summed E-state index contributed by atoms with van der Waals surface area (Å²) in [7, 11) is 0. The largest absolute Gasteiger partial charge is 0.387 e. The molecule has 0 spiro atoms. The second-order valence-electron chi connectivity index (χ2n) is 5.74. The van der Waals surface area contributed by atoms with Crippen molar-refractivity contribution in [2.24, 2.45) is 0 Å². The Morgan fingerprint density at radius 1 is 1.04 bits per heavy atom. The molecule has 0 fully saturated rings. The molecule has 0 amide bonds. The normalized spacial score (nSPS) is 10.5. The van der Waals surface area contributed by atoms with Crippen molar-refractivity contribution in [1.82, 2.24) is 5.32 Å². The minimum absolute atomic E-state index is 0.228. The molecule has 0 aliphatic carbocycles. The average Bonchev–Trinajstić information content (AvgIpc) is 2.55. The van der Waals surface area contributed by atoms with Crippen LogP contribution in [0.1, 0.15) is 23.1 Å². The van der Waals surface area contributed by atoms with Gasteiger partial charge in [0.05, 0.1) is 13.2 Å². The van der Waals surface area contributed by atoms with E-state index in [4.69, 9.17) is 4.74 Å². The third-order valence-electron chi connectivity index (χ3n) is 3.60. The van der Waals surface area contributed by atoms with Crippen LogP contribution in [0, 0.1) is 12.7 Å². The molecule has 2 rings (SSSR count). The summed E-state index contributed by atoms with van der Waals surface area (Å²) in [5, 5.41) is 3.28. The smallest absolute Gasteiger partial charge is 0.123 e. The summed E-state index contributed by atoms with van der Waals surface area (Å²) in [5.41, 5.74) is 4.48. The second kappa shape index (κ2) is 9.11. The van der Waals surface area contributed by atoms with Crippen LogP contribution >= 0.6 is 0 Å². The van der Waals surface area contributed by atoms with Crippen molar-refractivity contribution in [2.75, 3.05) is 13.2 Å². The van der Waals surface area contributed by atoms with E-state index in [-0.39, 0.29) is 5.82 Å². The summed E-state index contributed by atoms with van der Waals surface area (Å²) < 4.78 is 18.4. The summed E-state index contributed by atoms with van der Waals surface area (Å²) in [6.07, 6.45) is 2.11. The first-order chi connectivity index (χ1) is 11.1. The van der Waals surface area contributed by atoms with Crippen molar-refractivity contribution in [2.45, 2.75) is 26.4 Å². The molecule has 0 aliphatic rings. The van der Waals surface area contributed by atoms with E-state index in [0.29, 0.717) is 13.2 Å². The van der Waals surface area contributed by atoms with Crippen LogP contribution in [0.25, 0.3) is 0 Å². The Hall–Kier alpha value is -2.13. The fourth-order valence-electron chi connectivity index (χ4n) is 2.24. The van der Waals surface area contributed by atoms with Crippen molar-refractivity contribution in [3.8, 4) is 0 Å². The lowest BCUT2D eigenvalue weighted by molar-refractivity contribution is 0.139. The van der Waals surface area contributed by atoms with Crippen LogP contribution in [-0.4, -0.2) is 13.2 Å². The number of nitrogens with one attached hydrogen (secondary N) is 1. The Morgan fingerprint density at radius 2 is 1.70 bits per heavy atom. The van der Waals surface area contributed by atoms with E-state index in [2.05, 4.69) is 43.1 Å². The molecular formula is C20H24FNO. The fraction of sp³-hybridized carbons (Fsp3) is 0.300. The third kappa shape index (κ3) is 6.66. The molecule has 0 unspecified atom stereocenters. The van der Waals surface area contributed by atoms with Gasteiger partial charge >= 0.3 is 0 Å². The quantitative estimate of drug-likeness (QED) is 0.693. The highest BCUT2D eigenvalue weighted by atomic mass is 19.1. The van der Waals surface area contributed by atoms with Gasteiger partial charge in [-0.3, -0.25) is 0 Å². The van der Waals surface area contributed by atoms with Crippen molar-refractivity contribution in [1.29, 1.82) is 0 Å². The maximum Gasteiger partial charge on any atom is 0.123 e. The summed E-state index contributed by atoms with van der Waals surface area (Å²) >= 11 is 0. The highest BCUT2D eigenvalue weighted by molar-refractivity contribution is 5.21. The van der Waals surface area contributed by atoms with Gasteiger partial charge in [0, 0.05) is 12.2 Å². The van der Waals surface area contributed by atoms with Crippen LogP contribution in [0.5, 0.6) is 0 Å². The van der Waals surface area contributed by atoms with Crippen LogP contribution < -0.4 is 5.32 Å². The zero-order valence-electron chi connectivity index (χ0n) is 13.6. The molecule has 0 bridgehead atoms. The SMILES string of the molecule is C=C(COCc1ccc(F)cc1)NCCCc1ccc(C)cc1. The van der Waals surface area contributed by atoms with E-state index < -0.39 is 0 Å². The van der Waals surface area contributed by atoms with E-state index >= 15 is 0 Å². The Morgan fingerprint density at radius 3 is 2.39 bits per heavy atom. The topological polar surface area (TPSA) is 21.3 Å². The molecular weight excluding hydrogens is 289 g/mol. The van der Waals surface area contributed by atoms with E-state index in [1.807, 2.05) is 0 Å². The molecule has 0 saturated carbocycles. The fourth-order valence-corrected chi connectivity index (χ4v) is 2.24. The third-order valence-corrected chi connectivity index (χ3v) is 3.60. The minimum Gasteiger partial charge on any atom is -0.387 e. The maximum atomic E-state index is 12.8. The van der Waals surface area contributed by atoms with E-state index in [1.165, 1.54) is 23.3 Å². The number of halogens is 1. The summed E-state index contributed by atoms with van der Waals surface area (Å²) in [4.78, 5) is 0. The molecule has 23 heavy (non-hydrogen) atoms. The van der Waals surface area contributed by atoms with Crippen LogP contribution in [0.15, 0.2) is 60.8 Å². The maximum absolute atomic E-state index is 12.8. The van der Waals surface area contributed by atoms with Gasteiger partial charge in [0.25, 0.3) is 0 Å². The van der Waals surface area contributed by atoms with E-state index in [1.54, 1.807) is 12.1 Å². The lowest BCUT2D eigenvalue weighted by Gasteiger charge is -2.10. The van der Waals surface area contributed by atoms with E-state index in [0.717, 1.165) is 30.6 Å². The van der Waals surface area contributed by atoms with Gasteiger partial charge in [-0.1, -0.05) is 48.5 Å². The van der Waals surface area contributed by atoms with E-state index in [9.17, 15) is 4.39 Å². The summed E-state index contributed by atoms with van der Waals surface area (Å²) in [5.74, 6) is -0.228. The van der Waals surface area contributed by atoms with Crippen LogP contribution in [-0.2, 0) is 17.8 Å². The number of ether oxygens (including phenoxy) is 1. The minimum atomic E-state index is -0.228. The molecule has 0 heterocycles. The predicted octanol–water partition coefficient (Wildman–Crippen LogP) is 4.39. The average molecular weight is 313 g/mol. The number of hydrogen-bond acceptors (Lipinski definition) is 2. The van der Waals surface area contributed by atoms with Crippen molar-refractivity contribution >= 4 is 0 Å². The summed E-state index contributed by atoms with van der Waals surface area (Å²) in [6.45, 7) is 7.86. The second-order valence-corrected chi connectivity index (χ2v) is 5.74. The van der Waals surface area contributed by atoms with Gasteiger partial charge in [-0.2, -0.15) is 0 Å². The van der Waals surface area contributed by atoms with Gasteiger partial charge in [-0.05, 0) is 43.0 Å². The number of aryl methyl sites for hydroxylation is 2. The molecule has 2 aromatic rings. The highest BCUT2D eigenvalue weighted by Crippen LogP contribution is 2.06. The molecule has 122 valence electrons. The highest BCUT2D eigenvalue weighted by Gasteiger charge is 1.98. The number of benzene rings is 2. The van der Waals surface area contributed by atoms with Crippen LogP contribution in [0.3, 0.4) is 0 Å². The monoisotopic (exact) mass is 313 g/mol. The van der Waals surface area contributed by atoms with Gasteiger partial charge < -0.3 is 10.1 Å². The lowest BCUT2D eigenvalue weighted by atomic mass is 10.1. The Balaban J connectivity index is 1.56. The Kier molecular flexibility index (Phi) is 6.82. The van der Waals surface area contributed by atoms with Gasteiger partial charge in [0.15, 0.2) is 0 Å². The first kappa shape index (κ1) is 17.2. The van der Waals surface area contributed by atoms with Gasteiger partial charge in [-0.15, -0.1) is 0 Å².